The summed E-state index contributed by atoms with van der Waals surface area (Å²) in [5, 5.41) is 12.0. The molecule has 0 saturated carbocycles. The van der Waals surface area contributed by atoms with Gasteiger partial charge in [0.15, 0.2) is 5.69 Å². The van der Waals surface area contributed by atoms with Crippen molar-refractivity contribution in [3.05, 3.63) is 63.1 Å². The summed E-state index contributed by atoms with van der Waals surface area (Å²) in [6, 6.07) is 14.4. The first kappa shape index (κ1) is 13.5. The lowest BCUT2D eigenvalue weighted by Crippen LogP contribution is -2.02. The van der Waals surface area contributed by atoms with E-state index in [0.717, 1.165) is 4.47 Å². The van der Waals surface area contributed by atoms with Gasteiger partial charge in [0.1, 0.15) is 5.69 Å². The molecule has 2 aromatic carbocycles. The van der Waals surface area contributed by atoms with Crippen molar-refractivity contribution in [2.24, 2.45) is 0 Å². The Morgan fingerprint density at radius 1 is 1.14 bits per heavy atom. The fourth-order valence-corrected chi connectivity index (χ4v) is 2.59. The Kier molecular flexibility index (Phi) is 3.31. The molecule has 3 aromatic rings. The van der Waals surface area contributed by atoms with Crippen molar-refractivity contribution in [2.75, 3.05) is 5.73 Å². The number of benzene rings is 2. The predicted molar refractivity (Wildman–Crippen MR) is 85.9 cm³/mol. The molecule has 1 heterocycles. The van der Waals surface area contributed by atoms with Crippen LogP contribution in [0.1, 0.15) is 0 Å². The Morgan fingerprint density at radius 3 is 2.52 bits per heavy atom. The highest BCUT2D eigenvalue weighted by Gasteiger charge is 2.24. The third-order valence-electron chi connectivity index (χ3n) is 3.19. The number of nitrogens with two attached hydrogens (primary N) is 1. The highest BCUT2D eigenvalue weighted by molar-refractivity contribution is 9.10. The SMILES string of the molecule is Nc1c([N+](=O)[O-])c(-c2ccccc2)nc2ccc(Br)cc12. The number of rotatable bonds is 2. The third-order valence-corrected chi connectivity index (χ3v) is 3.68. The van der Waals surface area contributed by atoms with Crippen molar-refractivity contribution in [1.82, 2.24) is 4.98 Å². The van der Waals surface area contributed by atoms with E-state index in [1.807, 2.05) is 24.3 Å². The molecule has 0 aliphatic carbocycles. The number of nitrogens with zero attached hydrogens (tertiary/aromatic N) is 2. The Labute approximate surface area is 128 Å². The first-order valence-corrected chi connectivity index (χ1v) is 6.96. The Morgan fingerprint density at radius 2 is 1.86 bits per heavy atom. The van der Waals surface area contributed by atoms with E-state index in [9.17, 15) is 10.1 Å². The lowest BCUT2D eigenvalue weighted by molar-refractivity contribution is -0.383. The van der Waals surface area contributed by atoms with Crippen LogP contribution >= 0.6 is 15.9 Å². The molecule has 0 bridgehead atoms. The van der Waals surface area contributed by atoms with Gasteiger partial charge in [-0.3, -0.25) is 10.1 Å². The van der Waals surface area contributed by atoms with Crippen LogP contribution in [-0.4, -0.2) is 9.91 Å². The first-order valence-electron chi connectivity index (χ1n) is 6.16. The monoisotopic (exact) mass is 343 g/mol. The summed E-state index contributed by atoms with van der Waals surface area (Å²) < 4.78 is 0.797. The van der Waals surface area contributed by atoms with Crippen molar-refractivity contribution in [2.45, 2.75) is 0 Å². The van der Waals surface area contributed by atoms with Gasteiger partial charge in [-0.25, -0.2) is 4.98 Å². The molecule has 6 heteroatoms. The van der Waals surface area contributed by atoms with Gasteiger partial charge in [0.05, 0.1) is 10.4 Å². The molecule has 0 fully saturated rings. The highest BCUT2D eigenvalue weighted by Crippen LogP contribution is 2.38. The van der Waals surface area contributed by atoms with Gasteiger partial charge in [-0.2, -0.15) is 0 Å². The average Bonchev–Trinajstić information content (AvgIpc) is 2.48. The van der Waals surface area contributed by atoms with Crippen molar-refractivity contribution < 1.29 is 4.92 Å². The van der Waals surface area contributed by atoms with Crippen LogP contribution in [-0.2, 0) is 0 Å². The summed E-state index contributed by atoms with van der Waals surface area (Å²) in [7, 11) is 0. The summed E-state index contributed by atoms with van der Waals surface area (Å²) >= 11 is 3.34. The summed E-state index contributed by atoms with van der Waals surface area (Å²) in [6.45, 7) is 0. The summed E-state index contributed by atoms with van der Waals surface area (Å²) in [5.41, 5.74) is 7.57. The standard InChI is InChI=1S/C15H10BrN3O2/c16-10-6-7-12-11(8-10)13(17)15(19(20)21)14(18-12)9-4-2-1-3-5-9/h1-8H,(H2,17,18). The maximum atomic E-state index is 11.4. The Balaban J connectivity index is 2.41. The van der Waals surface area contributed by atoms with E-state index >= 15 is 0 Å². The summed E-state index contributed by atoms with van der Waals surface area (Å²) in [6.07, 6.45) is 0. The molecule has 5 nitrogen and oxygen atoms in total. The molecule has 0 atom stereocenters. The second-order valence-corrected chi connectivity index (χ2v) is 5.42. The quantitative estimate of drug-likeness (QED) is 0.559. The molecule has 0 amide bonds. The molecule has 2 N–H and O–H groups in total. The number of nitrogen functional groups attached to an aromatic ring is 1. The van der Waals surface area contributed by atoms with Gasteiger partial charge in [-0.05, 0) is 18.2 Å². The Bertz CT molecular complexity index is 850. The van der Waals surface area contributed by atoms with Gasteiger partial charge in [0.25, 0.3) is 0 Å². The fourth-order valence-electron chi connectivity index (χ4n) is 2.23. The van der Waals surface area contributed by atoms with Gasteiger partial charge >= 0.3 is 5.69 Å². The maximum absolute atomic E-state index is 11.4. The number of halogens is 1. The van der Waals surface area contributed by atoms with Crippen LogP contribution in [0.15, 0.2) is 53.0 Å². The third kappa shape index (κ3) is 2.34. The van der Waals surface area contributed by atoms with Crippen LogP contribution in [0.25, 0.3) is 22.2 Å². The maximum Gasteiger partial charge on any atom is 0.318 e. The molecule has 0 aliphatic rings. The van der Waals surface area contributed by atoms with E-state index in [-0.39, 0.29) is 17.1 Å². The molecular formula is C15H10BrN3O2. The van der Waals surface area contributed by atoms with Gasteiger partial charge < -0.3 is 5.73 Å². The van der Waals surface area contributed by atoms with Crippen molar-refractivity contribution >= 4 is 38.2 Å². The first-order chi connectivity index (χ1) is 10.1. The molecule has 0 radical (unpaired) electrons. The second-order valence-electron chi connectivity index (χ2n) is 4.51. The minimum Gasteiger partial charge on any atom is -0.393 e. The zero-order valence-electron chi connectivity index (χ0n) is 10.8. The number of hydrogen-bond acceptors (Lipinski definition) is 4. The normalized spacial score (nSPS) is 10.7. The van der Waals surface area contributed by atoms with Crippen LogP contribution < -0.4 is 5.73 Å². The lowest BCUT2D eigenvalue weighted by atomic mass is 10.1. The van der Waals surface area contributed by atoms with Crippen LogP contribution in [0, 0.1) is 10.1 Å². The van der Waals surface area contributed by atoms with Crippen LogP contribution in [0.2, 0.25) is 0 Å². The summed E-state index contributed by atoms with van der Waals surface area (Å²) in [5.74, 6) is 0. The van der Waals surface area contributed by atoms with E-state index in [1.165, 1.54) is 0 Å². The highest BCUT2D eigenvalue weighted by atomic mass is 79.9. The zero-order chi connectivity index (χ0) is 15.0. The lowest BCUT2D eigenvalue weighted by Gasteiger charge is -2.08. The molecular weight excluding hydrogens is 334 g/mol. The molecule has 0 aliphatic heterocycles. The zero-order valence-corrected chi connectivity index (χ0v) is 12.4. The smallest absolute Gasteiger partial charge is 0.318 e. The van der Waals surface area contributed by atoms with Gasteiger partial charge in [0.2, 0.25) is 0 Å². The topological polar surface area (TPSA) is 82.0 Å². The molecule has 104 valence electrons. The minimum absolute atomic E-state index is 0.130. The number of hydrogen-bond donors (Lipinski definition) is 1. The fraction of sp³-hybridized carbons (Fsp3) is 0. The second kappa shape index (κ2) is 5.14. The van der Waals surface area contributed by atoms with E-state index < -0.39 is 4.92 Å². The van der Waals surface area contributed by atoms with E-state index in [4.69, 9.17) is 5.73 Å². The van der Waals surface area contributed by atoms with Crippen LogP contribution in [0.3, 0.4) is 0 Å². The number of aromatic nitrogens is 1. The van der Waals surface area contributed by atoms with E-state index in [1.54, 1.807) is 24.3 Å². The molecule has 0 unspecified atom stereocenters. The largest absolute Gasteiger partial charge is 0.393 e. The average molecular weight is 344 g/mol. The van der Waals surface area contributed by atoms with Crippen molar-refractivity contribution in [1.29, 1.82) is 0 Å². The van der Waals surface area contributed by atoms with Gasteiger partial charge in [0, 0.05) is 15.4 Å². The van der Waals surface area contributed by atoms with Crippen LogP contribution in [0.4, 0.5) is 11.4 Å². The molecule has 1 aromatic heterocycles. The van der Waals surface area contributed by atoms with E-state index in [0.29, 0.717) is 16.5 Å². The van der Waals surface area contributed by atoms with Crippen molar-refractivity contribution in [3.63, 3.8) is 0 Å². The number of pyridine rings is 1. The van der Waals surface area contributed by atoms with Crippen molar-refractivity contribution in [3.8, 4) is 11.3 Å². The number of fused-ring (bicyclic) bond motifs is 1. The van der Waals surface area contributed by atoms with Crippen LogP contribution in [0.5, 0.6) is 0 Å². The van der Waals surface area contributed by atoms with Gasteiger partial charge in [-0.1, -0.05) is 46.3 Å². The van der Waals surface area contributed by atoms with Gasteiger partial charge in [-0.15, -0.1) is 0 Å². The molecule has 3 rings (SSSR count). The molecule has 21 heavy (non-hydrogen) atoms. The Hall–Kier alpha value is -2.47. The van der Waals surface area contributed by atoms with E-state index in [2.05, 4.69) is 20.9 Å². The molecule has 0 saturated heterocycles. The number of anilines is 1. The predicted octanol–water partition coefficient (Wildman–Crippen LogP) is 4.15. The molecule has 0 spiro atoms. The summed E-state index contributed by atoms with van der Waals surface area (Å²) in [4.78, 5) is 15.4. The number of nitro groups is 1. The minimum atomic E-state index is -0.481.